The summed E-state index contributed by atoms with van der Waals surface area (Å²) in [6.45, 7) is 4.61. The van der Waals surface area contributed by atoms with Crippen LogP contribution in [0.3, 0.4) is 0 Å². The Morgan fingerprint density at radius 3 is 2.58 bits per heavy atom. The van der Waals surface area contributed by atoms with E-state index in [4.69, 9.17) is 22.7 Å². The van der Waals surface area contributed by atoms with Gasteiger partial charge < -0.3 is 10.5 Å². The first kappa shape index (κ1) is 14.0. The largest absolute Gasteiger partial charge is 0.486 e. The molecule has 5 heteroatoms. The van der Waals surface area contributed by atoms with Crippen LogP contribution in [-0.2, 0) is 6.61 Å². The Hall–Kier alpha value is -1.46. The van der Waals surface area contributed by atoms with Crippen LogP contribution in [0.25, 0.3) is 0 Å². The smallest absolute Gasteiger partial charge is 0.140 e. The van der Waals surface area contributed by atoms with Crippen molar-refractivity contribution in [1.82, 2.24) is 4.98 Å². The number of hydrogen-bond acceptors (Lipinski definition) is 4. The van der Waals surface area contributed by atoms with E-state index in [9.17, 15) is 0 Å². The summed E-state index contributed by atoms with van der Waals surface area (Å²) in [4.78, 5) is 5.88. The van der Waals surface area contributed by atoms with Crippen LogP contribution >= 0.6 is 23.6 Å². The number of nitrogens with two attached hydrogens (primary N) is 1. The highest BCUT2D eigenvalue weighted by Crippen LogP contribution is 2.26. The van der Waals surface area contributed by atoms with E-state index in [2.05, 4.69) is 18.8 Å². The minimum Gasteiger partial charge on any atom is -0.486 e. The van der Waals surface area contributed by atoms with Crippen LogP contribution in [0.5, 0.6) is 5.75 Å². The molecule has 2 N–H and O–H groups in total. The van der Waals surface area contributed by atoms with Crippen molar-refractivity contribution >= 4 is 28.5 Å². The number of nitrogens with zero attached hydrogens (tertiary/aromatic N) is 1. The number of benzene rings is 1. The zero-order chi connectivity index (χ0) is 13.8. The summed E-state index contributed by atoms with van der Waals surface area (Å²) in [6.07, 6.45) is 0. The van der Waals surface area contributed by atoms with Crippen LogP contribution < -0.4 is 10.5 Å². The van der Waals surface area contributed by atoms with Crippen LogP contribution in [-0.4, -0.2) is 9.97 Å². The predicted octanol–water partition coefficient (Wildman–Crippen LogP) is 3.48. The van der Waals surface area contributed by atoms with Gasteiger partial charge in [-0.3, -0.25) is 0 Å². The van der Waals surface area contributed by atoms with E-state index in [0.29, 0.717) is 17.5 Å². The van der Waals surface area contributed by atoms with Crippen LogP contribution in [0, 0.1) is 0 Å². The summed E-state index contributed by atoms with van der Waals surface area (Å²) in [5.74, 6) is 1.14. The van der Waals surface area contributed by atoms with Crippen molar-refractivity contribution in [2.75, 3.05) is 0 Å². The SMILES string of the molecule is CC(C)c1nc(COc2ccccc2)sc1C(N)=S. The normalized spacial score (nSPS) is 10.7. The van der Waals surface area contributed by atoms with Gasteiger partial charge in [-0.05, 0) is 18.1 Å². The van der Waals surface area contributed by atoms with Crippen molar-refractivity contribution in [2.45, 2.75) is 26.4 Å². The Kier molecular flexibility index (Phi) is 4.50. The summed E-state index contributed by atoms with van der Waals surface area (Å²) in [6, 6.07) is 9.68. The lowest BCUT2D eigenvalue weighted by Gasteiger charge is -2.03. The molecule has 0 fully saturated rings. The van der Waals surface area contributed by atoms with Gasteiger partial charge in [-0.1, -0.05) is 44.3 Å². The maximum atomic E-state index is 5.73. The summed E-state index contributed by atoms with van der Waals surface area (Å²) in [7, 11) is 0. The standard InChI is InChI=1S/C14H16N2OS2/c1-9(2)12-13(14(15)18)19-11(16-12)8-17-10-6-4-3-5-7-10/h3-7,9H,8H2,1-2H3,(H2,15,18). The van der Waals surface area contributed by atoms with Crippen LogP contribution in [0.1, 0.15) is 35.3 Å². The van der Waals surface area contributed by atoms with Gasteiger partial charge in [0.25, 0.3) is 0 Å². The van der Waals surface area contributed by atoms with E-state index in [1.54, 1.807) is 0 Å². The number of ether oxygens (including phenoxy) is 1. The highest BCUT2D eigenvalue weighted by atomic mass is 32.1. The molecule has 2 rings (SSSR count). The van der Waals surface area contributed by atoms with Gasteiger partial charge in [-0.15, -0.1) is 11.3 Å². The molecule has 0 saturated carbocycles. The molecule has 0 spiro atoms. The van der Waals surface area contributed by atoms with Gasteiger partial charge in [-0.2, -0.15) is 0 Å². The van der Waals surface area contributed by atoms with E-state index in [0.717, 1.165) is 21.3 Å². The number of hydrogen-bond donors (Lipinski definition) is 1. The third-order valence-electron chi connectivity index (χ3n) is 2.57. The maximum absolute atomic E-state index is 5.73. The van der Waals surface area contributed by atoms with Crippen molar-refractivity contribution < 1.29 is 4.74 Å². The molecule has 0 amide bonds. The predicted molar refractivity (Wildman–Crippen MR) is 82.9 cm³/mol. The van der Waals surface area contributed by atoms with E-state index in [1.165, 1.54) is 11.3 Å². The number of thiazole rings is 1. The second-order valence-electron chi connectivity index (χ2n) is 4.44. The lowest BCUT2D eigenvalue weighted by Crippen LogP contribution is -2.10. The van der Waals surface area contributed by atoms with E-state index in [1.807, 2.05) is 30.3 Å². The Labute approximate surface area is 122 Å². The van der Waals surface area contributed by atoms with Crippen molar-refractivity contribution in [3.8, 4) is 5.75 Å². The molecule has 0 aliphatic heterocycles. The molecule has 2 aromatic rings. The number of para-hydroxylation sites is 1. The Balaban J connectivity index is 2.13. The van der Waals surface area contributed by atoms with Gasteiger partial charge in [0.1, 0.15) is 22.4 Å². The highest BCUT2D eigenvalue weighted by Gasteiger charge is 2.16. The van der Waals surface area contributed by atoms with Gasteiger partial charge >= 0.3 is 0 Å². The third kappa shape index (κ3) is 3.52. The highest BCUT2D eigenvalue weighted by molar-refractivity contribution is 7.81. The van der Waals surface area contributed by atoms with Gasteiger partial charge in [0, 0.05) is 0 Å². The first-order valence-electron chi connectivity index (χ1n) is 6.05. The van der Waals surface area contributed by atoms with E-state index >= 15 is 0 Å². The van der Waals surface area contributed by atoms with Gasteiger partial charge in [0.05, 0.1) is 10.6 Å². The van der Waals surface area contributed by atoms with E-state index in [-0.39, 0.29) is 0 Å². The lowest BCUT2D eigenvalue weighted by atomic mass is 10.1. The molecule has 0 bridgehead atoms. The lowest BCUT2D eigenvalue weighted by molar-refractivity contribution is 0.305. The zero-order valence-electron chi connectivity index (χ0n) is 10.9. The number of thiocarbonyl (C=S) groups is 1. The minimum absolute atomic E-state index is 0.304. The zero-order valence-corrected chi connectivity index (χ0v) is 12.6. The molecule has 0 radical (unpaired) electrons. The second kappa shape index (κ2) is 6.12. The van der Waals surface area contributed by atoms with Gasteiger partial charge in [-0.25, -0.2) is 4.98 Å². The van der Waals surface area contributed by atoms with Crippen molar-refractivity contribution in [3.05, 3.63) is 45.9 Å². The molecule has 0 saturated heterocycles. The minimum atomic E-state index is 0.304. The molecule has 0 atom stereocenters. The quantitative estimate of drug-likeness (QED) is 0.857. The molecule has 19 heavy (non-hydrogen) atoms. The van der Waals surface area contributed by atoms with Gasteiger partial charge in [0.15, 0.2) is 0 Å². The number of rotatable bonds is 5. The average molecular weight is 292 g/mol. The molecule has 0 aliphatic carbocycles. The second-order valence-corrected chi connectivity index (χ2v) is 5.97. The summed E-state index contributed by atoms with van der Waals surface area (Å²) >= 11 is 6.58. The fourth-order valence-corrected chi connectivity index (χ4v) is 2.88. The molecule has 3 nitrogen and oxygen atoms in total. The van der Waals surface area contributed by atoms with Crippen molar-refractivity contribution in [3.63, 3.8) is 0 Å². The van der Waals surface area contributed by atoms with Crippen LogP contribution in [0.15, 0.2) is 30.3 Å². The van der Waals surface area contributed by atoms with Crippen LogP contribution in [0.2, 0.25) is 0 Å². The fourth-order valence-electron chi connectivity index (χ4n) is 1.67. The molecular formula is C14H16N2OS2. The maximum Gasteiger partial charge on any atom is 0.140 e. The summed E-state index contributed by atoms with van der Waals surface area (Å²) < 4.78 is 5.68. The van der Waals surface area contributed by atoms with E-state index < -0.39 is 0 Å². The van der Waals surface area contributed by atoms with Gasteiger partial charge in [0.2, 0.25) is 0 Å². The molecule has 0 unspecified atom stereocenters. The first-order valence-corrected chi connectivity index (χ1v) is 7.27. The molecule has 100 valence electrons. The molecule has 1 aromatic carbocycles. The molecule has 0 aliphatic rings. The van der Waals surface area contributed by atoms with Crippen LogP contribution in [0.4, 0.5) is 0 Å². The fraction of sp³-hybridized carbons (Fsp3) is 0.286. The monoisotopic (exact) mass is 292 g/mol. The molecular weight excluding hydrogens is 276 g/mol. The Morgan fingerprint density at radius 1 is 1.37 bits per heavy atom. The molecule has 1 heterocycles. The van der Waals surface area contributed by atoms with Crippen molar-refractivity contribution in [2.24, 2.45) is 5.73 Å². The Bertz CT molecular complexity index is 564. The average Bonchev–Trinajstić information content (AvgIpc) is 2.82. The number of aromatic nitrogens is 1. The topological polar surface area (TPSA) is 48.1 Å². The summed E-state index contributed by atoms with van der Waals surface area (Å²) in [5.41, 5.74) is 6.70. The Morgan fingerprint density at radius 2 is 2.05 bits per heavy atom. The van der Waals surface area contributed by atoms with Crippen molar-refractivity contribution in [1.29, 1.82) is 0 Å². The summed E-state index contributed by atoms with van der Waals surface area (Å²) in [5, 5.41) is 0.898. The molecule has 1 aromatic heterocycles. The third-order valence-corrected chi connectivity index (χ3v) is 3.99. The first-order chi connectivity index (χ1) is 9.08.